The molecule has 9 heavy (non-hydrogen) atoms. The van der Waals surface area contributed by atoms with Crippen molar-refractivity contribution in [3.8, 4) is 0 Å². The van der Waals surface area contributed by atoms with Crippen LogP contribution in [0.15, 0.2) is 32.7 Å². The zero-order valence-electron chi connectivity index (χ0n) is 4.65. The molecule has 0 aromatic heterocycles. The van der Waals surface area contributed by atoms with Crippen molar-refractivity contribution in [3.63, 3.8) is 0 Å². The molecular formula is C5H4N4. The number of hydrogen-bond acceptors (Lipinski definition) is 4. The fourth-order valence-corrected chi connectivity index (χ4v) is 0.741. The molecule has 0 unspecified atom stereocenters. The van der Waals surface area contributed by atoms with Gasteiger partial charge in [-0.3, -0.25) is 0 Å². The van der Waals surface area contributed by atoms with E-state index in [1.807, 2.05) is 6.08 Å². The molecule has 0 bridgehead atoms. The summed E-state index contributed by atoms with van der Waals surface area (Å²) in [7, 11) is 0. The first-order chi connectivity index (χ1) is 4.47. The number of fused-ring (bicyclic) bond motifs is 1. The zero-order chi connectivity index (χ0) is 6.10. The molecule has 0 fully saturated rings. The largest absolute Gasteiger partial charge is 0.234 e. The molecule has 0 spiro atoms. The first-order valence-corrected chi connectivity index (χ1v) is 2.67. The van der Waals surface area contributed by atoms with Gasteiger partial charge in [0, 0.05) is 12.6 Å². The summed E-state index contributed by atoms with van der Waals surface area (Å²) in [5.74, 6) is 0.664. The van der Waals surface area contributed by atoms with Crippen molar-refractivity contribution >= 4 is 11.5 Å². The van der Waals surface area contributed by atoms with E-state index in [2.05, 4.69) is 20.4 Å². The average Bonchev–Trinajstić information content (AvgIpc) is 2.33. The highest BCUT2D eigenvalue weighted by Crippen LogP contribution is 2.07. The molecule has 0 atom stereocenters. The van der Waals surface area contributed by atoms with Crippen LogP contribution < -0.4 is 0 Å². The summed E-state index contributed by atoms with van der Waals surface area (Å²) in [4.78, 5) is 3.94. The molecule has 4 heteroatoms. The van der Waals surface area contributed by atoms with Crippen LogP contribution in [0.25, 0.3) is 0 Å². The normalized spacial score (nSPS) is 21.3. The lowest BCUT2D eigenvalue weighted by Gasteiger charge is -1.96. The molecule has 4 nitrogen and oxygen atoms in total. The van der Waals surface area contributed by atoms with E-state index in [0.717, 1.165) is 12.1 Å². The Hall–Kier alpha value is -1.32. The summed E-state index contributed by atoms with van der Waals surface area (Å²) in [5, 5.41) is 10.9. The Kier molecular flexibility index (Phi) is 0.798. The van der Waals surface area contributed by atoms with Crippen LogP contribution in [0.3, 0.4) is 0 Å². The molecule has 0 aromatic rings. The highest BCUT2D eigenvalue weighted by atomic mass is 15.4. The van der Waals surface area contributed by atoms with E-state index in [1.165, 1.54) is 0 Å². The monoisotopic (exact) mass is 120 g/mol. The molecular weight excluding hydrogens is 116 g/mol. The van der Waals surface area contributed by atoms with Crippen molar-refractivity contribution in [2.45, 2.75) is 6.42 Å². The Balaban J connectivity index is 2.46. The second-order valence-corrected chi connectivity index (χ2v) is 1.78. The third-order valence-corrected chi connectivity index (χ3v) is 1.18. The SMILES string of the molecule is C1=CN=C2N=NN=C2C1. The van der Waals surface area contributed by atoms with Crippen molar-refractivity contribution in [1.82, 2.24) is 0 Å². The summed E-state index contributed by atoms with van der Waals surface area (Å²) < 4.78 is 0. The van der Waals surface area contributed by atoms with Crippen molar-refractivity contribution in [2.24, 2.45) is 20.4 Å². The first-order valence-electron chi connectivity index (χ1n) is 2.67. The molecule has 0 radical (unpaired) electrons. The van der Waals surface area contributed by atoms with E-state index in [1.54, 1.807) is 6.20 Å². The van der Waals surface area contributed by atoms with Crippen LogP contribution in [0.4, 0.5) is 0 Å². The van der Waals surface area contributed by atoms with Gasteiger partial charge in [-0.1, -0.05) is 6.08 Å². The number of rotatable bonds is 0. The molecule has 0 saturated carbocycles. The lowest BCUT2D eigenvalue weighted by atomic mass is 10.2. The van der Waals surface area contributed by atoms with Gasteiger partial charge in [-0.2, -0.15) is 0 Å². The van der Waals surface area contributed by atoms with Gasteiger partial charge in [-0.15, -0.1) is 10.2 Å². The van der Waals surface area contributed by atoms with Crippen LogP contribution in [0.1, 0.15) is 6.42 Å². The molecule has 44 valence electrons. The maximum Gasteiger partial charge on any atom is 0.200 e. The first kappa shape index (κ1) is 4.55. The van der Waals surface area contributed by atoms with Gasteiger partial charge in [-0.25, -0.2) is 4.99 Å². The lowest BCUT2D eigenvalue weighted by Crippen LogP contribution is -2.08. The third-order valence-electron chi connectivity index (χ3n) is 1.18. The van der Waals surface area contributed by atoms with E-state index in [0.29, 0.717) is 5.84 Å². The highest BCUT2D eigenvalue weighted by molar-refractivity contribution is 6.43. The van der Waals surface area contributed by atoms with Gasteiger partial charge < -0.3 is 0 Å². The molecule has 2 heterocycles. The van der Waals surface area contributed by atoms with Crippen molar-refractivity contribution in [3.05, 3.63) is 12.3 Å². The van der Waals surface area contributed by atoms with Gasteiger partial charge in [0.05, 0.1) is 0 Å². The van der Waals surface area contributed by atoms with Crippen molar-refractivity contribution < 1.29 is 0 Å². The van der Waals surface area contributed by atoms with E-state index in [4.69, 9.17) is 0 Å². The summed E-state index contributed by atoms with van der Waals surface area (Å²) in [5.41, 5.74) is 0.873. The van der Waals surface area contributed by atoms with Gasteiger partial charge in [0.1, 0.15) is 5.71 Å². The number of allylic oxidation sites excluding steroid dienone is 1. The van der Waals surface area contributed by atoms with Crippen LogP contribution in [0.5, 0.6) is 0 Å². The fourth-order valence-electron chi connectivity index (χ4n) is 0.741. The molecule has 2 aliphatic rings. The van der Waals surface area contributed by atoms with Crippen molar-refractivity contribution in [1.29, 1.82) is 0 Å². The van der Waals surface area contributed by atoms with Crippen molar-refractivity contribution in [2.75, 3.05) is 0 Å². The van der Waals surface area contributed by atoms with E-state index in [-0.39, 0.29) is 0 Å². The van der Waals surface area contributed by atoms with Gasteiger partial charge in [-0.05, 0) is 5.22 Å². The number of nitrogens with zero attached hydrogens (tertiary/aromatic N) is 4. The van der Waals surface area contributed by atoms with Gasteiger partial charge in [0.2, 0.25) is 0 Å². The van der Waals surface area contributed by atoms with Crippen LogP contribution in [0, 0.1) is 0 Å². The standard InChI is InChI=1S/C5H4N4/c1-2-4-5(6-3-1)8-9-7-4/h1,3H,2H2. The van der Waals surface area contributed by atoms with E-state index in [9.17, 15) is 0 Å². The van der Waals surface area contributed by atoms with E-state index < -0.39 is 0 Å². The number of amidine groups is 1. The second-order valence-electron chi connectivity index (χ2n) is 1.78. The minimum atomic E-state index is 0.664. The Morgan fingerprint density at radius 3 is 3.33 bits per heavy atom. The van der Waals surface area contributed by atoms with Crippen LogP contribution in [-0.2, 0) is 0 Å². The van der Waals surface area contributed by atoms with Gasteiger partial charge in [0.15, 0.2) is 5.84 Å². The minimum Gasteiger partial charge on any atom is -0.234 e. The molecule has 2 rings (SSSR count). The predicted octanol–water partition coefficient (Wildman–Crippen LogP) is 1.12. The summed E-state index contributed by atoms with van der Waals surface area (Å²) in [6, 6.07) is 0. The number of aliphatic imine (C=N–C) groups is 1. The minimum absolute atomic E-state index is 0.664. The zero-order valence-corrected chi connectivity index (χ0v) is 4.65. The summed E-state index contributed by atoms with van der Waals surface area (Å²) in [6.45, 7) is 0. The molecule has 0 N–H and O–H groups in total. The van der Waals surface area contributed by atoms with Crippen LogP contribution in [-0.4, -0.2) is 11.5 Å². The molecule has 0 aromatic carbocycles. The Labute approximate surface area is 51.7 Å². The summed E-state index contributed by atoms with van der Waals surface area (Å²) >= 11 is 0. The van der Waals surface area contributed by atoms with Crippen LogP contribution >= 0.6 is 0 Å². The second kappa shape index (κ2) is 1.58. The maximum atomic E-state index is 3.94. The Bertz CT molecular complexity index is 246. The quantitative estimate of drug-likeness (QED) is 0.460. The van der Waals surface area contributed by atoms with Gasteiger partial charge >= 0.3 is 0 Å². The Morgan fingerprint density at radius 1 is 1.44 bits per heavy atom. The Morgan fingerprint density at radius 2 is 2.44 bits per heavy atom. The summed E-state index contributed by atoms with van der Waals surface area (Å²) in [6.07, 6.45) is 4.46. The lowest BCUT2D eigenvalue weighted by molar-refractivity contribution is 1.12. The number of hydrogen-bond donors (Lipinski definition) is 0. The molecule has 0 amide bonds. The predicted molar refractivity (Wildman–Crippen MR) is 33.5 cm³/mol. The molecule has 0 aliphatic carbocycles. The van der Waals surface area contributed by atoms with Crippen LogP contribution in [0.2, 0.25) is 0 Å². The average molecular weight is 120 g/mol. The topological polar surface area (TPSA) is 49.4 Å². The third kappa shape index (κ3) is 0.595. The fraction of sp³-hybridized carbons (Fsp3) is 0.200. The van der Waals surface area contributed by atoms with Gasteiger partial charge in [0.25, 0.3) is 0 Å². The smallest absolute Gasteiger partial charge is 0.200 e. The van der Waals surface area contributed by atoms with E-state index >= 15 is 0 Å². The molecule has 2 aliphatic heterocycles. The molecule has 0 saturated heterocycles. The highest BCUT2D eigenvalue weighted by Gasteiger charge is 2.13. The maximum absolute atomic E-state index is 3.94.